The minimum Gasteiger partial charge on any atom is -0.508 e. The van der Waals surface area contributed by atoms with Crippen molar-refractivity contribution in [3.05, 3.63) is 35.9 Å². The van der Waals surface area contributed by atoms with Gasteiger partial charge in [0.2, 0.25) is 0 Å². The van der Waals surface area contributed by atoms with Crippen molar-refractivity contribution in [2.45, 2.75) is 68.3 Å². The zero-order valence-corrected chi connectivity index (χ0v) is 17.6. The van der Waals surface area contributed by atoms with Gasteiger partial charge >= 0.3 is 5.97 Å². The highest BCUT2D eigenvalue weighted by molar-refractivity contribution is 5.87. The number of benzene rings is 1. The summed E-state index contributed by atoms with van der Waals surface area (Å²) in [7, 11) is 0. The number of aliphatic hydroxyl groups is 6. The largest absolute Gasteiger partial charge is 0.508 e. The molecule has 2 fully saturated rings. The van der Waals surface area contributed by atoms with Crippen molar-refractivity contribution in [3.8, 4) is 5.75 Å². The highest BCUT2D eigenvalue weighted by atomic mass is 16.7. The average Bonchev–Trinajstić information content (AvgIpc) is 2.79. The van der Waals surface area contributed by atoms with Crippen LogP contribution >= 0.6 is 0 Å². The van der Waals surface area contributed by atoms with Gasteiger partial charge in [0.1, 0.15) is 42.4 Å². The van der Waals surface area contributed by atoms with E-state index in [9.17, 15) is 40.5 Å². The van der Waals surface area contributed by atoms with E-state index in [1.807, 2.05) is 0 Å². The summed E-state index contributed by atoms with van der Waals surface area (Å²) >= 11 is 0. The number of hydrogen-bond acceptors (Lipinski definition) is 12. The van der Waals surface area contributed by atoms with E-state index < -0.39 is 74.0 Å². The monoisotopic (exact) mass is 472 g/mol. The lowest BCUT2D eigenvalue weighted by Gasteiger charge is -2.42. The summed E-state index contributed by atoms with van der Waals surface area (Å²) in [6, 6.07) is 6.06. The molecule has 0 unspecified atom stereocenters. The van der Waals surface area contributed by atoms with Crippen LogP contribution in [0.4, 0.5) is 0 Å². The average molecular weight is 472 g/mol. The number of aromatic hydroxyl groups is 1. The molecule has 12 nitrogen and oxygen atoms in total. The van der Waals surface area contributed by atoms with Crippen LogP contribution in [0, 0.1) is 0 Å². The maximum Gasteiger partial charge on any atom is 0.331 e. The molecular formula is C21H28O12. The van der Waals surface area contributed by atoms with Gasteiger partial charge in [-0.2, -0.15) is 0 Å². The molecule has 12 heteroatoms. The molecule has 2 aliphatic heterocycles. The quantitative estimate of drug-likeness (QED) is 0.172. The van der Waals surface area contributed by atoms with E-state index in [4.69, 9.17) is 18.9 Å². The Kier molecular flexibility index (Phi) is 8.39. The van der Waals surface area contributed by atoms with Crippen molar-refractivity contribution in [2.24, 2.45) is 0 Å². The first-order valence-electron chi connectivity index (χ1n) is 10.3. The number of hydrogen-bond donors (Lipinski definition) is 7. The van der Waals surface area contributed by atoms with Gasteiger partial charge in [0, 0.05) is 6.08 Å². The number of phenols is 1. The predicted octanol–water partition coefficient (Wildman–Crippen LogP) is -2.40. The highest BCUT2D eigenvalue weighted by Crippen LogP contribution is 2.26. The number of carbonyl (C=O) groups is 1. The van der Waals surface area contributed by atoms with Crippen LogP contribution in [0.1, 0.15) is 12.5 Å². The normalized spacial score (nSPS) is 39.5. The van der Waals surface area contributed by atoms with Crippen LogP contribution < -0.4 is 0 Å². The lowest BCUT2D eigenvalue weighted by Crippen LogP contribution is -2.61. The number of esters is 1. The Balaban J connectivity index is 1.54. The highest BCUT2D eigenvalue weighted by Gasteiger charge is 2.47. The van der Waals surface area contributed by atoms with E-state index in [1.165, 1.54) is 25.1 Å². The molecule has 1 aromatic rings. The van der Waals surface area contributed by atoms with Crippen LogP contribution in [0.5, 0.6) is 5.75 Å². The van der Waals surface area contributed by atoms with Crippen molar-refractivity contribution in [1.29, 1.82) is 0 Å². The fraction of sp³-hybridized carbons (Fsp3) is 0.571. The molecule has 0 amide bonds. The van der Waals surface area contributed by atoms with Gasteiger partial charge in [-0.15, -0.1) is 0 Å². The van der Waals surface area contributed by atoms with Crippen LogP contribution in [0.15, 0.2) is 30.3 Å². The number of rotatable bonds is 6. The molecular weight excluding hydrogens is 444 g/mol. The van der Waals surface area contributed by atoms with Gasteiger partial charge in [0.05, 0.1) is 12.7 Å². The summed E-state index contributed by atoms with van der Waals surface area (Å²) < 4.78 is 21.0. The Hall–Kier alpha value is -2.13. The lowest BCUT2D eigenvalue weighted by molar-refractivity contribution is -0.322. The Morgan fingerprint density at radius 3 is 2.27 bits per heavy atom. The molecule has 3 rings (SSSR count). The summed E-state index contributed by atoms with van der Waals surface area (Å²) in [6.45, 7) is 1.03. The smallest absolute Gasteiger partial charge is 0.331 e. The van der Waals surface area contributed by atoms with Crippen LogP contribution in [0.3, 0.4) is 0 Å². The molecule has 184 valence electrons. The molecule has 10 atom stereocenters. The van der Waals surface area contributed by atoms with Crippen molar-refractivity contribution >= 4 is 12.0 Å². The first-order valence-corrected chi connectivity index (χ1v) is 10.3. The summed E-state index contributed by atoms with van der Waals surface area (Å²) in [4.78, 5) is 12.1. The summed E-state index contributed by atoms with van der Waals surface area (Å²) in [5.41, 5.74) is 0.626. The van der Waals surface area contributed by atoms with Crippen LogP contribution in [0.25, 0.3) is 6.08 Å². The van der Waals surface area contributed by atoms with E-state index in [1.54, 1.807) is 12.1 Å². The lowest BCUT2D eigenvalue weighted by atomic mass is 9.98. The second kappa shape index (κ2) is 10.9. The third-order valence-corrected chi connectivity index (χ3v) is 5.45. The fourth-order valence-corrected chi connectivity index (χ4v) is 3.49. The van der Waals surface area contributed by atoms with Crippen LogP contribution in [-0.4, -0.2) is 110 Å². The fourth-order valence-electron chi connectivity index (χ4n) is 3.49. The Labute approximate surface area is 188 Å². The van der Waals surface area contributed by atoms with Gasteiger partial charge in [-0.1, -0.05) is 12.1 Å². The maximum absolute atomic E-state index is 12.1. The molecule has 0 saturated carbocycles. The molecule has 0 bridgehead atoms. The SMILES string of the molecule is C[C@@H]1O[C@@H](OC[C@H]2O[C@@H](O)[C@H](O)[C@@H](O)[C@@H]2O)[C@H](O)[C@H](O)[C@H]1OC(=O)/C=C/c1ccc(O)cc1. The molecule has 1 aromatic carbocycles. The number of carbonyl (C=O) groups excluding carboxylic acids is 1. The van der Waals surface area contributed by atoms with Crippen LogP contribution in [0.2, 0.25) is 0 Å². The second-order valence-corrected chi connectivity index (χ2v) is 7.89. The van der Waals surface area contributed by atoms with Crippen LogP contribution in [-0.2, 0) is 23.7 Å². The molecule has 0 aliphatic carbocycles. The topological polar surface area (TPSA) is 196 Å². The first kappa shape index (κ1) is 25.5. The minimum atomic E-state index is -1.75. The number of phenolic OH excluding ortho intramolecular Hbond substituents is 1. The molecule has 0 aromatic heterocycles. The van der Waals surface area contributed by atoms with Gasteiger partial charge < -0.3 is 54.7 Å². The van der Waals surface area contributed by atoms with E-state index in [2.05, 4.69) is 0 Å². The summed E-state index contributed by atoms with van der Waals surface area (Å²) in [5.74, 6) is -0.722. The van der Waals surface area contributed by atoms with Gasteiger partial charge in [-0.05, 0) is 30.7 Å². The zero-order valence-electron chi connectivity index (χ0n) is 17.6. The maximum atomic E-state index is 12.1. The van der Waals surface area contributed by atoms with E-state index in [0.29, 0.717) is 5.56 Å². The van der Waals surface area contributed by atoms with Crippen molar-refractivity contribution in [2.75, 3.05) is 6.61 Å². The Bertz CT molecular complexity index is 814. The molecule has 0 radical (unpaired) electrons. The molecule has 2 saturated heterocycles. The number of ether oxygens (including phenoxy) is 4. The third kappa shape index (κ3) is 6.06. The third-order valence-electron chi connectivity index (χ3n) is 5.45. The Morgan fingerprint density at radius 1 is 0.939 bits per heavy atom. The van der Waals surface area contributed by atoms with Crippen molar-refractivity contribution < 1.29 is 59.5 Å². The van der Waals surface area contributed by atoms with Crippen molar-refractivity contribution in [3.63, 3.8) is 0 Å². The van der Waals surface area contributed by atoms with Gasteiger partial charge in [0.25, 0.3) is 0 Å². The summed E-state index contributed by atoms with van der Waals surface area (Å²) in [6.07, 6.45) is -12.1. The summed E-state index contributed by atoms with van der Waals surface area (Å²) in [5, 5.41) is 68.8. The first-order chi connectivity index (χ1) is 15.6. The minimum absolute atomic E-state index is 0.0753. The Morgan fingerprint density at radius 2 is 1.61 bits per heavy atom. The van der Waals surface area contributed by atoms with E-state index >= 15 is 0 Å². The van der Waals surface area contributed by atoms with E-state index in [0.717, 1.165) is 6.08 Å². The molecule has 2 aliphatic rings. The molecule has 0 spiro atoms. The van der Waals surface area contributed by atoms with Crippen molar-refractivity contribution in [1.82, 2.24) is 0 Å². The van der Waals surface area contributed by atoms with Gasteiger partial charge in [0.15, 0.2) is 18.7 Å². The molecule has 2 heterocycles. The van der Waals surface area contributed by atoms with E-state index in [-0.39, 0.29) is 5.75 Å². The number of aliphatic hydroxyl groups excluding tert-OH is 6. The predicted molar refractivity (Wildman–Crippen MR) is 108 cm³/mol. The molecule has 33 heavy (non-hydrogen) atoms. The zero-order chi connectivity index (χ0) is 24.3. The van der Waals surface area contributed by atoms with Gasteiger partial charge in [-0.3, -0.25) is 0 Å². The standard InChI is InChI=1S/C21H28O12/c1-9-19(33-13(23)7-4-10-2-5-11(22)6-3-10)16(26)18(28)21(31-9)30-8-12-14(24)15(25)17(27)20(29)32-12/h2-7,9,12,14-22,24-29H,8H2,1H3/b7-4+/t9-,12+,14+,15-,16-,17+,18+,19-,20+,21+/m0/s1. The van der Waals surface area contributed by atoms with Gasteiger partial charge in [-0.25, -0.2) is 4.79 Å². The second-order valence-electron chi connectivity index (χ2n) is 7.89. The molecule has 7 N–H and O–H groups in total.